The number of sulfonamides is 1. The van der Waals surface area contributed by atoms with Crippen molar-refractivity contribution in [3.8, 4) is 0 Å². The number of halogens is 4. The van der Waals surface area contributed by atoms with Crippen molar-refractivity contribution in [3.05, 3.63) is 28.3 Å². The highest BCUT2D eigenvalue weighted by molar-refractivity contribution is 7.89. The summed E-state index contributed by atoms with van der Waals surface area (Å²) in [6.45, 7) is 5.99. The van der Waals surface area contributed by atoms with Crippen molar-refractivity contribution in [3.63, 3.8) is 0 Å². The molecular weight excluding hydrogens is 315 g/mol. The minimum atomic E-state index is -4.81. The Labute approximate surface area is 121 Å². The molecular formula is C12H15ClF3NO2S. The van der Waals surface area contributed by atoms with Crippen LogP contribution in [0.15, 0.2) is 17.0 Å². The van der Waals surface area contributed by atoms with Crippen LogP contribution >= 0.6 is 11.6 Å². The van der Waals surface area contributed by atoms with Crippen molar-refractivity contribution < 1.29 is 21.6 Å². The molecule has 0 unspecified atom stereocenters. The minimum Gasteiger partial charge on any atom is -0.207 e. The zero-order valence-corrected chi connectivity index (χ0v) is 13.0. The fourth-order valence-corrected chi connectivity index (χ4v) is 3.93. The lowest BCUT2D eigenvalue weighted by Gasteiger charge is -2.23. The van der Waals surface area contributed by atoms with E-state index in [9.17, 15) is 21.6 Å². The molecule has 114 valence electrons. The Balaban J connectivity index is 3.60. The normalized spacial score (nSPS) is 13.6. The van der Waals surface area contributed by atoms with Gasteiger partial charge in [-0.15, -0.1) is 0 Å². The largest absolute Gasteiger partial charge is 0.417 e. The van der Waals surface area contributed by atoms with Crippen LogP contribution in [-0.4, -0.2) is 14.0 Å². The van der Waals surface area contributed by atoms with Crippen molar-refractivity contribution >= 4 is 21.6 Å². The van der Waals surface area contributed by atoms with E-state index >= 15 is 0 Å². The molecule has 0 aromatic heterocycles. The lowest BCUT2D eigenvalue weighted by atomic mass is 10.1. The summed E-state index contributed by atoms with van der Waals surface area (Å²) >= 11 is 5.73. The summed E-state index contributed by atoms with van der Waals surface area (Å²) in [5.41, 5.74) is -1.95. The maximum atomic E-state index is 13.0. The molecule has 1 rings (SSSR count). The Kier molecular flexibility index (Phi) is 4.49. The van der Waals surface area contributed by atoms with Gasteiger partial charge in [0.2, 0.25) is 10.0 Å². The van der Waals surface area contributed by atoms with Gasteiger partial charge >= 0.3 is 6.18 Å². The minimum absolute atomic E-state index is 0.233. The first-order chi connectivity index (χ1) is 8.74. The molecule has 0 aliphatic heterocycles. The van der Waals surface area contributed by atoms with E-state index < -0.39 is 37.2 Å². The number of benzene rings is 1. The summed E-state index contributed by atoms with van der Waals surface area (Å²) in [6.07, 6.45) is -4.81. The van der Waals surface area contributed by atoms with Crippen LogP contribution in [0.25, 0.3) is 0 Å². The number of alkyl halides is 3. The van der Waals surface area contributed by atoms with Gasteiger partial charge in [-0.3, -0.25) is 0 Å². The summed E-state index contributed by atoms with van der Waals surface area (Å²) in [6, 6.07) is 1.96. The second-order valence-corrected chi connectivity index (χ2v) is 7.50. The zero-order chi connectivity index (χ0) is 15.9. The van der Waals surface area contributed by atoms with Gasteiger partial charge < -0.3 is 0 Å². The van der Waals surface area contributed by atoms with Gasteiger partial charge in [0.15, 0.2) is 0 Å². The molecule has 0 fully saturated rings. The van der Waals surface area contributed by atoms with Crippen LogP contribution in [0.4, 0.5) is 13.2 Å². The van der Waals surface area contributed by atoms with Crippen molar-refractivity contribution in [1.29, 1.82) is 0 Å². The van der Waals surface area contributed by atoms with Crippen molar-refractivity contribution in [2.24, 2.45) is 0 Å². The molecule has 3 nitrogen and oxygen atoms in total. The van der Waals surface area contributed by atoms with Crippen LogP contribution in [0.3, 0.4) is 0 Å². The Morgan fingerprint density at radius 2 is 1.65 bits per heavy atom. The third-order valence-corrected chi connectivity index (χ3v) is 4.47. The van der Waals surface area contributed by atoms with Gasteiger partial charge in [-0.2, -0.15) is 13.2 Å². The van der Waals surface area contributed by atoms with Crippen molar-refractivity contribution in [1.82, 2.24) is 4.72 Å². The maximum absolute atomic E-state index is 13.0. The van der Waals surface area contributed by atoms with Gasteiger partial charge in [0, 0.05) is 5.54 Å². The standard InChI is InChI=1S/C12H15ClF3NO2S/c1-7-5-8(12(14,15)16)10(9(13)6-7)20(18,19)17-11(2,3)4/h5-6,17H,1-4H3. The molecule has 0 bridgehead atoms. The smallest absolute Gasteiger partial charge is 0.207 e. The fourth-order valence-electron chi connectivity index (χ4n) is 1.67. The number of nitrogens with one attached hydrogen (secondary N) is 1. The lowest BCUT2D eigenvalue weighted by molar-refractivity contribution is -0.139. The average molecular weight is 330 g/mol. The van der Waals surface area contributed by atoms with Crippen LogP contribution in [-0.2, 0) is 16.2 Å². The molecule has 20 heavy (non-hydrogen) atoms. The zero-order valence-electron chi connectivity index (χ0n) is 11.4. The first-order valence-electron chi connectivity index (χ1n) is 5.65. The van der Waals surface area contributed by atoms with E-state index in [2.05, 4.69) is 4.72 Å². The van der Waals surface area contributed by atoms with E-state index in [1.807, 2.05) is 0 Å². The predicted octanol–water partition coefficient (Wildman–Crippen LogP) is 3.74. The Morgan fingerprint density at radius 1 is 1.15 bits per heavy atom. The first-order valence-corrected chi connectivity index (χ1v) is 7.51. The van der Waals surface area contributed by atoms with E-state index in [0.29, 0.717) is 0 Å². The quantitative estimate of drug-likeness (QED) is 0.898. The summed E-state index contributed by atoms with van der Waals surface area (Å²) in [5, 5.41) is -0.450. The summed E-state index contributed by atoms with van der Waals surface area (Å²) in [4.78, 5) is -0.938. The van der Waals surface area contributed by atoms with Gasteiger partial charge in [0.25, 0.3) is 0 Å². The second-order valence-electron chi connectivity index (χ2n) is 5.48. The molecule has 0 aliphatic rings. The van der Waals surface area contributed by atoms with Gasteiger partial charge in [-0.1, -0.05) is 11.6 Å². The van der Waals surface area contributed by atoms with E-state index in [4.69, 9.17) is 11.6 Å². The highest BCUT2D eigenvalue weighted by Crippen LogP contribution is 2.38. The molecule has 0 aliphatic carbocycles. The van der Waals surface area contributed by atoms with Gasteiger partial charge in [-0.25, -0.2) is 13.1 Å². The Morgan fingerprint density at radius 3 is 2.05 bits per heavy atom. The molecule has 0 saturated heterocycles. The Hall–Kier alpha value is -0.790. The summed E-state index contributed by atoms with van der Waals surface area (Å²) in [7, 11) is -4.38. The number of hydrogen-bond donors (Lipinski definition) is 1. The molecule has 1 aromatic rings. The van der Waals surface area contributed by atoms with E-state index in [-0.39, 0.29) is 5.56 Å². The van der Waals surface area contributed by atoms with E-state index in [1.54, 1.807) is 0 Å². The molecule has 1 N–H and O–H groups in total. The molecule has 1 aromatic carbocycles. The van der Waals surface area contributed by atoms with Crippen LogP contribution in [0.5, 0.6) is 0 Å². The second kappa shape index (κ2) is 5.20. The van der Waals surface area contributed by atoms with Crippen LogP contribution in [0.2, 0.25) is 5.02 Å². The van der Waals surface area contributed by atoms with Crippen LogP contribution < -0.4 is 4.72 Å². The van der Waals surface area contributed by atoms with E-state index in [0.717, 1.165) is 6.07 Å². The molecule has 0 heterocycles. The molecule has 8 heteroatoms. The average Bonchev–Trinajstić information content (AvgIpc) is 2.09. The first kappa shape index (κ1) is 17.3. The van der Waals surface area contributed by atoms with Crippen molar-refractivity contribution in [2.75, 3.05) is 0 Å². The molecule has 0 atom stereocenters. The fraction of sp³-hybridized carbons (Fsp3) is 0.500. The summed E-state index contributed by atoms with van der Waals surface area (Å²) < 4.78 is 65.5. The SMILES string of the molecule is Cc1cc(Cl)c(S(=O)(=O)NC(C)(C)C)c(C(F)(F)F)c1. The van der Waals surface area contributed by atoms with Crippen LogP contribution in [0.1, 0.15) is 31.9 Å². The van der Waals surface area contributed by atoms with E-state index in [1.165, 1.54) is 33.8 Å². The topological polar surface area (TPSA) is 46.2 Å². The highest BCUT2D eigenvalue weighted by atomic mass is 35.5. The maximum Gasteiger partial charge on any atom is 0.417 e. The summed E-state index contributed by atoms with van der Waals surface area (Å²) in [5.74, 6) is 0. The highest BCUT2D eigenvalue weighted by Gasteiger charge is 2.39. The molecule has 0 radical (unpaired) electrons. The number of rotatable bonds is 2. The number of aryl methyl sites for hydroxylation is 1. The van der Waals surface area contributed by atoms with Gasteiger partial charge in [-0.05, 0) is 45.4 Å². The lowest BCUT2D eigenvalue weighted by Crippen LogP contribution is -2.41. The molecule has 0 amide bonds. The Bertz CT molecular complexity index is 619. The third kappa shape index (κ3) is 4.10. The van der Waals surface area contributed by atoms with Gasteiger partial charge in [0.1, 0.15) is 4.90 Å². The van der Waals surface area contributed by atoms with Crippen molar-refractivity contribution in [2.45, 2.75) is 44.3 Å². The molecule has 0 spiro atoms. The molecule has 0 saturated carbocycles. The third-order valence-electron chi connectivity index (χ3n) is 2.20. The predicted molar refractivity (Wildman–Crippen MR) is 71.3 cm³/mol. The van der Waals surface area contributed by atoms with Gasteiger partial charge in [0.05, 0.1) is 10.6 Å². The van der Waals surface area contributed by atoms with Crippen LogP contribution in [0, 0.1) is 6.92 Å². The monoisotopic (exact) mass is 329 g/mol. The number of hydrogen-bond acceptors (Lipinski definition) is 2.